The second-order valence-corrected chi connectivity index (χ2v) is 1.71. The van der Waals surface area contributed by atoms with Crippen LogP contribution in [-0.2, 0) is 9.53 Å². The molecule has 9 heavy (non-hydrogen) atoms. The molecule has 53 valence electrons. The Morgan fingerprint density at radius 3 is 2.78 bits per heavy atom. The summed E-state index contributed by atoms with van der Waals surface area (Å²) in [5.41, 5.74) is 0. The molecule has 0 amide bonds. The van der Waals surface area contributed by atoms with Crippen molar-refractivity contribution in [3.63, 3.8) is 0 Å². The molecule has 0 spiro atoms. The van der Waals surface area contributed by atoms with E-state index in [4.69, 9.17) is 0 Å². The van der Waals surface area contributed by atoms with Crippen molar-refractivity contribution in [2.45, 2.75) is 26.4 Å². The van der Waals surface area contributed by atoms with E-state index in [0.717, 1.165) is 0 Å². The summed E-state index contributed by atoms with van der Waals surface area (Å²) in [6.07, 6.45) is -1.28. The zero-order valence-corrected chi connectivity index (χ0v) is 5.56. The third kappa shape index (κ3) is 5.27. The Bertz CT molecular complexity index is 91.1. The molecule has 0 aliphatic rings. The molecular weight excluding hydrogens is 123 g/mol. The quantitative estimate of drug-likeness (QED) is 0.545. The predicted molar refractivity (Wildman–Crippen MR) is 31.3 cm³/mol. The first-order valence-electron chi connectivity index (χ1n) is 2.78. The lowest BCUT2D eigenvalue weighted by molar-refractivity contribution is -0.141. The first-order valence-corrected chi connectivity index (χ1v) is 2.78. The van der Waals surface area contributed by atoms with E-state index in [1.165, 1.54) is 13.5 Å². The topological polar surface area (TPSA) is 26.3 Å². The van der Waals surface area contributed by atoms with Gasteiger partial charge in [-0.3, -0.25) is 4.79 Å². The fourth-order valence-electron chi connectivity index (χ4n) is 0.409. The number of rotatable bonds is 3. The Morgan fingerprint density at radius 1 is 1.89 bits per heavy atom. The second-order valence-electron chi connectivity index (χ2n) is 1.71. The van der Waals surface area contributed by atoms with Crippen LogP contribution in [0, 0.1) is 6.61 Å². The Morgan fingerprint density at radius 2 is 2.44 bits per heavy atom. The van der Waals surface area contributed by atoms with E-state index >= 15 is 0 Å². The van der Waals surface area contributed by atoms with Crippen LogP contribution in [0.5, 0.6) is 0 Å². The van der Waals surface area contributed by atoms with Crippen LogP contribution in [0.3, 0.4) is 0 Å². The zero-order valence-electron chi connectivity index (χ0n) is 5.56. The third-order valence-corrected chi connectivity index (χ3v) is 0.697. The normalized spacial score (nSPS) is 12.8. The van der Waals surface area contributed by atoms with Gasteiger partial charge in [-0.2, -0.15) is 0 Å². The highest BCUT2D eigenvalue weighted by Crippen LogP contribution is 1.97. The van der Waals surface area contributed by atoms with Crippen molar-refractivity contribution in [2.24, 2.45) is 0 Å². The number of carbonyl (C=O) groups excluding carboxylic acids is 1. The lowest BCUT2D eigenvalue weighted by Gasteiger charge is -1.99. The molecule has 3 heteroatoms. The number of halogens is 1. The van der Waals surface area contributed by atoms with E-state index < -0.39 is 12.1 Å². The summed E-state index contributed by atoms with van der Waals surface area (Å²) < 4.78 is 16.3. The van der Waals surface area contributed by atoms with Crippen LogP contribution >= 0.6 is 0 Å². The fraction of sp³-hybridized carbons (Fsp3) is 0.667. The van der Waals surface area contributed by atoms with Gasteiger partial charge in [-0.1, -0.05) is 0 Å². The Kier molecular flexibility index (Phi) is 4.01. The van der Waals surface area contributed by atoms with Crippen molar-refractivity contribution in [2.75, 3.05) is 0 Å². The van der Waals surface area contributed by atoms with E-state index in [9.17, 15) is 9.18 Å². The molecule has 1 atom stereocenters. The largest absolute Gasteiger partial charge is 0.459 e. The molecule has 0 heterocycles. The number of hydrogen-bond donors (Lipinski definition) is 0. The smallest absolute Gasteiger partial charge is 0.309 e. The molecule has 0 aromatic heterocycles. The molecule has 0 aromatic rings. The van der Waals surface area contributed by atoms with Crippen LogP contribution in [0.4, 0.5) is 4.39 Å². The molecule has 0 aromatic carbocycles. The van der Waals surface area contributed by atoms with Gasteiger partial charge in [-0.25, -0.2) is 4.39 Å². The second kappa shape index (κ2) is 4.30. The molecule has 0 aliphatic carbocycles. The maximum absolute atomic E-state index is 12.0. The van der Waals surface area contributed by atoms with Crippen LogP contribution in [0.1, 0.15) is 20.3 Å². The zero-order chi connectivity index (χ0) is 7.28. The van der Waals surface area contributed by atoms with Gasteiger partial charge in [0.2, 0.25) is 0 Å². The van der Waals surface area contributed by atoms with Crippen molar-refractivity contribution < 1.29 is 13.9 Å². The van der Waals surface area contributed by atoms with Crippen LogP contribution in [0.15, 0.2) is 0 Å². The maximum Gasteiger partial charge on any atom is 0.309 e. The summed E-state index contributed by atoms with van der Waals surface area (Å²) in [6.45, 7) is 4.13. The highest BCUT2D eigenvalue weighted by atomic mass is 19.1. The van der Waals surface area contributed by atoms with Crippen molar-refractivity contribution in [3.05, 3.63) is 6.61 Å². The van der Waals surface area contributed by atoms with Gasteiger partial charge in [0, 0.05) is 0 Å². The number of hydrogen-bond acceptors (Lipinski definition) is 2. The SMILES string of the molecule is C[CH]OC(=O)CC(C)F. The summed E-state index contributed by atoms with van der Waals surface area (Å²) in [5.74, 6) is -0.521. The first-order chi connectivity index (χ1) is 4.16. The van der Waals surface area contributed by atoms with Gasteiger partial charge in [0.1, 0.15) is 12.8 Å². The first kappa shape index (κ1) is 8.40. The molecule has 2 nitrogen and oxygen atoms in total. The van der Waals surface area contributed by atoms with Gasteiger partial charge in [-0.15, -0.1) is 0 Å². The minimum absolute atomic E-state index is 0.162. The summed E-state index contributed by atoms with van der Waals surface area (Å²) in [5, 5.41) is 0. The molecule has 0 bridgehead atoms. The number of alkyl halides is 1. The van der Waals surface area contributed by atoms with E-state index in [1.807, 2.05) is 0 Å². The van der Waals surface area contributed by atoms with Gasteiger partial charge in [0.15, 0.2) is 0 Å². The fourth-order valence-corrected chi connectivity index (χ4v) is 0.409. The van der Waals surface area contributed by atoms with E-state index in [-0.39, 0.29) is 6.42 Å². The van der Waals surface area contributed by atoms with Crippen molar-refractivity contribution >= 4 is 5.97 Å². The number of esters is 1. The summed E-state index contributed by atoms with van der Waals surface area (Å²) in [7, 11) is 0. The van der Waals surface area contributed by atoms with Gasteiger partial charge in [-0.05, 0) is 13.8 Å². The van der Waals surface area contributed by atoms with Gasteiger partial charge >= 0.3 is 5.97 Å². The van der Waals surface area contributed by atoms with Gasteiger partial charge in [0.25, 0.3) is 0 Å². The molecule has 0 saturated carbocycles. The Labute approximate surface area is 54.0 Å². The predicted octanol–water partition coefficient (Wildman–Crippen LogP) is 1.46. The molecule has 1 radical (unpaired) electrons. The van der Waals surface area contributed by atoms with Gasteiger partial charge in [0.05, 0.1) is 6.42 Å². The average Bonchev–Trinajstić information content (AvgIpc) is 1.63. The van der Waals surface area contributed by atoms with Crippen LogP contribution in [-0.4, -0.2) is 12.1 Å². The van der Waals surface area contributed by atoms with Crippen LogP contribution < -0.4 is 0 Å². The van der Waals surface area contributed by atoms with Gasteiger partial charge < -0.3 is 4.74 Å². The Balaban J connectivity index is 3.27. The lowest BCUT2D eigenvalue weighted by atomic mass is 10.3. The lowest BCUT2D eigenvalue weighted by Crippen LogP contribution is -2.07. The molecule has 0 rings (SSSR count). The highest BCUT2D eigenvalue weighted by molar-refractivity contribution is 5.70. The average molecular weight is 133 g/mol. The molecule has 0 fully saturated rings. The van der Waals surface area contributed by atoms with E-state index in [1.54, 1.807) is 6.92 Å². The van der Waals surface area contributed by atoms with Crippen LogP contribution in [0.2, 0.25) is 0 Å². The minimum Gasteiger partial charge on any atom is -0.459 e. The van der Waals surface area contributed by atoms with Crippen molar-refractivity contribution in [1.82, 2.24) is 0 Å². The number of carbonyl (C=O) groups is 1. The maximum atomic E-state index is 12.0. The standard InChI is InChI=1S/C6H10FO2/c1-3-9-6(8)4-5(2)7/h3,5H,4H2,1-2H3. The molecule has 0 aliphatic heterocycles. The Hall–Kier alpha value is -0.600. The number of ether oxygens (including phenoxy) is 1. The summed E-state index contributed by atoms with van der Waals surface area (Å²) in [4.78, 5) is 10.4. The minimum atomic E-state index is -1.11. The van der Waals surface area contributed by atoms with E-state index in [2.05, 4.69) is 4.74 Å². The van der Waals surface area contributed by atoms with E-state index in [0.29, 0.717) is 0 Å². The third-order valence-electron chi connectivity index (χ3n) is 0.697. The highest BCUT2D eigenvalue weighted by Gasteiger charge is 2.06. The summed E-state index contributed by atoms with van der Waals surface area (Å²) >= 11 is 0. The van der Waals surface area contributed by atoms with Crippen molar-refractivity contribution in [3.8, 4) is 0 Å². The van der Waals surface area contributed by atoms with Crippen LogP contribution in [0.25, 0.3) is 0 Å². The monoisotopic (exact) mass is 133 g/mol. The molecular formula is C6H10FO2. The molecule has 0 saturated heterocycles. The summed E-state index contributed by atoms with van der Waals surface area (Å²) in [6, 6.07) is 0. The van der Waals surface area contributed by atoms with Crippen molar-refractivity contribution in [1.29, 1.82) is 0 Å². The molecule has 1 unspecified atom stereocenters. The molecule has 0 N–H and O–H groups in total.